The quantitative estimate of drug-likeness (QED) is 0.265. The standard InChI is InChI=1S/C22H34O2/c1-2-3-4-5-6-7-8-9-10-11-12-13-14-15-16-17-18-19-20-21-22(23)24/h6-7,9-10,12-13,15-16,18-19H,2-5,8,11,14,17,20-21H2,1H3,(H,23,24)/b7-6-,10-9+,13-12-,16-15+,19-18+. The lowest BCUT2D eigenvalue weighted by atomic mass is 10.2. The number of carbonyl (C=O) groups is 1. The molecule has 134 valence electrons. The summed E-state index contributed by atoms with van der Waals surface area (Å²) in [6.07, 6.45) is 31.4. The molecule has 0 atom stereocenters. The molecule has 0 radical (unpaired) electrons. The number of aliphatic carboxylic acids is 1. The minimum atomic E-state index is -0.739. The number of carboxylic acid groups (broad SMARTS) is 1. The zero-order valence-electron chi connectivity index (χ0n) is 15.2. The van der Waals surface area contributed by atoms with E-state index in [4.69, 9.17) is 5.11 Å². The Balaban J connectivity index is 3.46. The lowest BCUT2D eigenvalue weighted by Crippen LogP contribution is -1.91. The molecular formula is C22H34O2. The second-order valence-corrected chi connectivity index (χ2v) is 5.73. The maximum Gasteiger partial charge on any atom is 0.303 e. The molecule has 0 aromatic carbocycles. The van der Waals surface area contributed by atoms with Crippen molar-refractivity contribution < 1.29 is 9.90 Å². The van der Waals surface area contributed by atoms with Crippen molar-refractivity contribution in [3.63, 3.8) is 0 Å². The van der Waals surface area contributed by atoms with Crippen molar-refractivity contribution in [2.45, 2.75) is 71.1 Å². The van der Waals surface area contributed by atoms with Crippen molar-refractivity contribution in [2.75, 3.05) is 0 Å². The Morgan fingerprint density at radius 1 is 0.667 bits per heavy atom. The van der Waals surface area contributed by atoms with Crippen LogP contribution in [0.1, 0.15) is 71.1 Å². The molecule has 0 heterocycles. The van der Waals surface area contributed by atoms with Gasteiger partial charge in [0, 0.05) is 6.42 Å². The molecule has 0 rings (SSSR count). The summed E-state index contributed by atoms with van der Waals surface area (Å²) in [5.41, 5.74) is 0. The first-order valence-electron chi connectivity index (χ1n) is 9.24. The van der Waals surface area contributed by atoms with Gasteiger partial charge in [-0.15, -0.1) is 0 Å². The van der Waals surface area contributed by atoms with Crippen molar-refractivity contribution >= 4 is 5.97 Å². The lowest BCUT2D eigenvalue weighted by molar-refractivity contribution is -0.136. The van der Waals surface area contributed by atoms with E-state index >= 15 is 0 Å². The van der Waals surface area contributed by atoms with Crippen LogP contribution in [0.15, 0.2) is 60.8 Å². The molecule has 0 aliphatic heterocycles. The van der Waals surface area contributed by atoms with Gasteiger partial charge in [0.05, 0.1) is 0 Å². The van der Waals surface area contributed by atoms with Gasteiger partial charge in [0.1, 0.15) is 0 Å². The fraction of sp³-hybridized carbons (Fsp3) is 0.500. The fourth-order valence-corrected chi connectivity index (χ4v) is 2.04. The number of rotatable bonds is 15. The second kappa shape index (κ2) is 19.2. The van der Waals surface area contributed by atoms with Crippen LogP contribution in [0.2, 0.25) is 0 Å². The Labute approximate surface area is 148 Å². The summed E-state index contributed by atoms with van der Waals surface area (Å²) in [5.74, 6) is -0.739. The van der Waals surface area contributed by atoms with Gasteiger partial charge < -0.3 is 5.11 Å². The highest BCUT2D eigenvalue weighted by Gasteiger charge is 1.90. The van der Waals surface area contributed by atoms with E-state index < -0.39 is 5.97 Å². The van der Waals surface area contributed by atoms with Crippen LogP contribution in [0.3, 0.4) is 0 Å². The van der Waals surface area contributed by atoms with Gasteiger partial charge in [0.15, 0.2) is 0 Å². The van der Waals surface area contributed by atoms with Gasteiger partial charge in [-0.2, -0.15) is 0 Å². The van der Waals surface area contributed by atoms with Crippen LogP contribution in [0.4, 0.5) is 0 Å². The molecule has 1 N–H and O–H groups in total. The van der Waals surface area contributed by atoms with Crippen LogP contribution in [0, 0.1) is 0 Å². The Kier molecular flexibility index (Phi) is 17.8. The second-order valence-electron chi connectivity index (χ2n) is 5.73. The van der Waals surface area contributed by atoms with Crippen molar-refractivity contribution in [2.24, 2.45) is 0 Å². The smallest absolute Gasteiger partial charge is 0.303 e. The number of allylic oxidation sites excluding steroid dienone is 10. The molecule has 0 amide bonds. The number of unbranched alkanes of at least 4 members (excludes halogenated alkanes) is 3. The van der Waals surface area contributed by atoms with E-state index in [2.05, 4.69) is 55.5 Å². The SMILES string of the molecule is CCCCC/C=C\C/C=C/C/C=C\C/C=C/C/C=C/CCC(=O)O. The first-order chi connectivity index (χ1) is 11.8. The molecule has 0 aromatic heterocycles. The highest BCUT2D eigenvalue weighted by molar-refractivity contribution is 5.66. The molecule has 2 heteroatoms. The summed E-state index contributed by atoms with van der Waals surface area (Å²) >= 11 is 0. The highest BCUT2D eigenvalue weighted by Crippen LogP contribution is 2.01. The van der Waals surface area contributed by atoms with Crippen molar-refractivity contribution in [1.82, 2.24) is 0 Å². The van der Waals surface area contributed by atoms with E-state index in [-0.39, 0.29) is 6.42 Å². The van der Waals surface area contributed by atoms with E-state index in [1.54, 1.807) is 0 Å². The van der Waals surface area contributed by atoms with Gasteiger partial charge in [0.2, 0.25) is 0 Å². The molecule has 0 fully saturated rings. The van der Waals surface area contributed by atoms with Crippen molar-refractivity contribution in [3.8, 4) is 0 Å². The minimum Gasteiger partial charge on any atom is -0.481 e. The van der Waals surface area contributed by atoms with E-state index in [1.165, 1.54) is 25.7 Å². The topological polar surface area (TPSA) is 37.3 Å². The van der Waals surface area contributed by atoms with Crippen LogP contribution in [-0.4, -0.2) is 11.1 Å². The van der Waals surface area contributed by atoms with Gasteiger partial charge >= 0.3 is 5.97 Å². The maximum absolute atomic E-state index is 10.3. The first kappa shape index (κ1) is 22.2. The van der Waals surface area contributed by atoms with E-state index in [0.717, 1.165) is 25.7 Å². The van der Waals surface area contributed by atoms with Crippen LogP contribution in [0.25, 0.3) is 0 Å². The average Bonchev–Trinajstić information content (AvgIpc) is 2.56. The van der Waals surface area contributed by atoms with Gasteiger partial charge in [-0.1, -0.05) is 80.5 Å². The molecule has 2 nitrogen and oxygen atoms in total. The Morgan fingerprint density at radius 3 is 1.50 bits per heavy atom. The lowest BCUT2D eigenvalue weighted by Gasteiger charge is -1.90. The van der Waals surface area contributed by atoms with Crippen molar-refractivity contribution in [1.29, 1.82) is 0 Å². The number of hydrogen-bond acceptors (Lipinski definition) is 1. The molecule has 0 bridgehead atoms. The summed E-state index contributed by atoms with van der Waals surface area (Å²) in [4.78, 5) is 10.3. The summed E-state index contributed by atoms with van der Waals surface area (Å²) < 4.78 is 0. The Bertz CT molecular complexity index is 425. The van der Waals surface area contributed by atoms with Gasteiger partial charge in [-0.25, -0.2) is 0 Å². The van der Waals surface area contributed by atoms with Crippen LogP contribution >= 0.6 is 0 Å². The first-order valence-corrected chi connectivity index (χ1v) is 9.24. The normalized spacial score (nSPS) is 12.7. The third-order valence-corrected chi connectivity index (χ3v) is 3.42. The summed E-state index contributed by atoms with van der Waals surface area (Å²) in [5, 5.41) is 8.49. The molecule has 0 aliphatic carbocycles. The molecule has 0 saturated heterocycles. The predicted octanol–water partition coefficient (Wildman–Crippen LogP) is 6.77. The monoisotopic (exact) mass is 330 g/mol. The van der Waals surface area contributed by atoms with Crippen molar-refractivity contribution in [3.05, 3.63) is 60.8 Å². The van der Waals surface area contributed by atoms with E-state index in [0.29, 0.717) is 6.42 Å². The van der Waals surface area contributed by atoms with Gasteiger partial charge in [-0.05, 0) is 44.9 Å². The van der Waals surface area contributed by atoms with E-state index in [9.17, 15) is 4.79 Å². The Morgan fingerprint density at radius 2 is 1.08 bits per heavy atom. The fourth-order valence-electron chi connectivity index (χ4n) is 2.04. The van der Waals surface area contributed by atoms with Crippen LogP contribution in [-0.2, 0) is 4.79 Å². The molecule has 0 unspecified atom stereocenters. The molecular weight excluding hydrogens is 296 g/mol. The number of carboxylic acids is 1. The minimum absolute atomic E-state index is 0.213. The summed E-state index contributed by atoms with van der Waals surface area (Å²) in [7, 11) is 0. The van der Waals surface area contributed by atoms with Crippen LogP contribution in [0.5, 0.6) is 0 Å². The zero-order valence-corrected chi connectivity index (χ0v) is 15.2. The molecule has 0 aliphatic rings. The summed E-state index contributed by atoms with van der Waals surface area (Å²) in [6.45, 7) is 2.23. The molecule has 0 saturated carbocycles. The average molecular weight is 331 g/mol. The third kappa shape index (κ3) is 20.2. The third-order valence-electron chi connectivity index (χ3n) is 3.42. The molecule has 24 heavy (non-hydrogen) atoms. The Hall–Kier alpha value is -1.83. The zero-order chi connectivity index (χ0) is 17.7. The highest BCUT2D eigenvalue weighted by atomic mass is 16.4. The largest absolute Gasteiger partial charge is 0.481 e. The van der Waals surface area contributed by atoms with Gasteiger partial charge in [0.25, 0.3) is 0 Å². The number of hydrogen-bond donors (Lipinski definition) is 1. The van der Waals surface area contributed by atoms with E-state index in [1.807, 2.05) is 12.2 Å². The van der Waals surface area contributed by atoms with Crippen LogP contribution < -0.4 is 0 Å². The predicted molar refractivity (Wildman–Crippen MR) is 105 cm³/mol. The summed E-state index contributed by atoms with van der Waals surface area (Å²) in [6, 6.07) is 0. The maximum atomic E-state index is 10.3. The molecule has 0 spiro atoms. The van der Waals surface area contributed by atoms with Gasteiger partial charge in [-0.3, -0.25) is 4.79 Å². The molecule has 0 aromatic rings.